The summed E-state index contributed by atoms with van der Waals surface area (Å²) in [6.07, 6.45) is 14.2. The summed E-state index contributed by atoms with van der Waals surface area (Å²) in [5, 5.41) is 9.90. The molecule has 1 aliphatic rings. The lowest BCUT2D eigenvalue weighted by atomic mass is 9.84. The first-order valence-electron chi connectivity index (χ1n) is 7.01. The van der Waals surface area contributed by atoms with E-state index in [4.69, 9.17) is 0 Å². The summed E-state index contributed by atoms with van der Waals surface area (Å²) >= 11 is 0. The standard InChI is InChI=1S/C14H28O/c1-2-3-4-8-11-14(15)12-13-9-6-5-7-10-13/h13-15H,2-12H2,1H3. The minimum Gasteiger partial charge on any atom is -0.393 e. The third-order valence-electron chi connectivity index (χ3n) is 3.72. The zero-order valence-corrected chi connectivity index (χ0v) is 10.4. The zero-order valence-electron chi connectivity index (χ0n) is 10.4. The van der Waals surface area contributed by atoms with Gasteiger partial charge in [-0.3, -0.25) is 0 Å². The molecule has 0 bridgehead atoms. The van der Waals surface area contributed by atoms with E-state index in [1.54, 1.807) is 0 Å². The van der Waals surface area contributed by atoms with Gasteiger partial charge in [0.05, 0.1) is 6.10 Å². The summed E-state index contributed by atoms with van der Waals surface area (Å²) < 4.78 is 0. The van der Waals surface area contributed by atoms with Crippen molar-refractivity contribution in [3.63, 3.8) is 0 Å². The predicted octanol–water partition coefficient (Wildman–Crippen LogP) is 4.29. The average Bonchev–Trinajstić information content (AvgIpc) is 2.26. The fourth-order valence-electron chi connectivity index (χ4n) is 2.73. The quantitative estimate of drug-likeness (QED) is 0.624. The van der Waals surface area contributed by atoms with E-state index < -0.39 is 0 Å². The molecule has 1 aliphatic carbocycles. The third-order valence-corrected chi connectivity index (χ3v) is 3.72. The number of hydrogen-bond acceptors (Lipinski definition) is 1. The van der Waals surface area contributed by atoms with Crippen molar-refractivity contribution in [3.05, 3.63) is 0 Å². The molecule has 1 saturated carbocycles. The lowest BCUT2D eigenvalue weighted by Crippen LogP contribution is -2.16. The maximum Gasteiger partial charge on any atom is 0.0542 e. The number of aliphatic hydroxyl groups excluding tert-OH is 1. The Hall–Kier alpha value is -0.0400. The molecule has 1 heteroatoms. The number of aliphatic hydroxyl groups is 1. The fraction of sp³-hybridized carbons (Fsp3) is 1.00. The second-order valence-electron chi connectivity index (χ2n) is 5.24. The van der Waals surface area contributed by atoms with E-state index in [-0.39, 0.29) is 6.10 Å². The molecular weight excluding hydrogens is 184 g/mol. The fourth-order valence-corrected chi connectivity index (χ4v) is 2.73. The SMILES string of the molecule is CCCCCCC(O)CC1CCCCC1. The summed E-state index contributed by atoms with van der Waals surface area (Å²) in [7, 11) is 0. The lowest BCUT2D eigenvalue weighted by molar-refractivity contribution is 0.119. The smallest absolute Gasteiger partial charge is 0.0542 e. The van der Waals surface area contributed by atoms with Gasteiger partial charge in [-0.15, -0.1) is 0 Å². The van der Waals surface area contributed by atoms with E-state index in [1.807, 2.05) is 0 Å². The zero-order chi connectivity index (χ0) is 10.9. The van der Waals surface area contributed by atoms with Crippen molar-refractivity contribution in [2.45, 2.75) is 83.7 Å². The van der Waals surface area contributed by atoms with Crippen LogP contribution in [-0.4, -0.2) is 11.2 Å². The van der Waals surface area contributed by atoms with E-state index in [1.165, 1.54) is 57.8 Å². The van der Waals surface area contributed by atoms with Gasteiger partial charge in [0, 0.05) is 0 Å². The van der Waals surface area contributed by atoms with Crippen molar-refractivity contribution in [1.29, 1.82) is 0 Å². The molecule has 0 aromatic carbocycles. The normalized spacial score (nSPS) is 20.4. The van der Waals surface area contributed by atoms with Crippen LogP contribution in [0.3, 0.4) is 0 Å². The highest BCUT2D eigenvalue weighted by Crippen LogP contribution is 2.28. The number of unbranched alkanes of at least 4 members (excludes halogenated alkanes) is 3. The molecular formula is C14H28O. The molecule has 1 atom stereocenters. The minimum absolute atomic E-state index is 0.00930. The van der Waals surface area contributed by atoms with Gasteiger partial charge < -0.3 is 5.11 Å². The molecule has 0 spiro atoms. The summed E-state index contributed by atoms with van der Waals surface area (Å²) in [5.41, 5.74) is 0. The third kappa shape index (κ3) is 6.19. The molecule has 0 saturated heterocycles. The second kappa shape index (κ2) is 8.15. The molecule has 1 fully saturated rings. The van der Waals surface area contributed by atoms with Crippen LogP contribution in [-0.2, 0) is 0 Å². The van der Waals surface area contributed by atoms with Crippen LogP contribution in [0, 0.1) is 5.92 Å². The van der Waals surface area contributed by atoms with Crippen LogP contribution in [0.1, 0.15) is 77.6 Å². The van der Waals surface area contributed by atoms with Gasteiger partial charge in [0.15, 0.2) is 0 Å². The summed E-state index contributed by atoms with van der Waals surface area (Å²) in [6.45, 7) is 2.23. The summed E-state index contributed by atoms with van der Waals surface area (Å²) in [5.74, 6) is 0.833. The maximum absolute atomic E-state index is 9.90. The highest BCUT2D eigenvalue weighted by Gasteiger charge is 2.16. The summed E-state index contributed by atoms with van der Waals surface area (Å²) in [6, 6.07) is 0. The first-order valence-corrected chi connectivity index (χ1v) is 7.01. The highest BCUT2D eigenvalue weighted by molar-refractivity contribution is 4.69. The van der Waals surface area contributed by atoms with Gasteiger partial charge in [-0.05, 0) is 18.8 Å². The molecule has 15 heavy (non-hydrogen) atoms. The van der Waals surface area contributed by atoms with Crippen LogP contribution in [0.5, 0.6) is 0 Å². The first kappa shape index (κ1) is 13.0. The van der Waals surface area contributed by atoms with Crippen molar-refractivity contribution >= 4 is 0 Å². The molecule has 0 amide bonds. The lowest BCUT2D eigenvalue weighted by Gasteiger charge is -2.23. The molecule has 1 unspecified atom stereocenters. The van der Waals surface area contributed by atoms with Gasteiger partial charge in [-0.25, -0.2) is 0 Å². The molecule has 1 N–H and O–H groups in total. The van der Waals surface area contributed by atoms with Crippen molar-refractivity contribution in [2.75, 3.05) is 0 Å². The van der Waals surface area contributed by atoms with Crippen LogP contribution in [0.2, 0.25) is 0 Å². The van der Waals surface area contributed by atoms with Crippen molar-refractivity contribution in [1.82, 2.24) is 0 Å². The van der Waals surface area contributed by atoms with Crippen LogP contribution >= 0.6 is 0 Å². The largest absolute Gasteiger partial charge is 0.393 e. The van der Waals surface area contributed by atoms with Gasteiger partial charge in [-0.2, -0.15) is 0 Å². The minimum atomic E-state index is -0.00930. The van der Waals surface area contributed by atoms with Gasteiger partial charge in [0.2, 0.25) is 0 Å². The molecule has 0 aliphatic heterocycles. The van der Waals surface area contributed by atoms with Crippen LogP contribution in [0.4, 0.5) is 0 Å². The Morgan fingerprint density at radius 3 is 2.47 bits per heavy atom. The number of rotatable bonds is 7. The van der Waals surface area contributed by atoms with Gasteiger partial charge in [0.25, 0.3) is 0 Å². The Balaban J connectivity index is 1.98. The van der Waals surface area contributed by atoms with Crippen LogP contribution in [0.15, 0.2) is 0 Å². The van der Waals surface area contributed by atoms with E-state index in [2.05, 4.69) is 6.92 Å². The van der Waals surface area contributed by atoms with E-state index in [0.717, 1.165) is 18.8 Å². The second-order valence-corrected chi connectivity index (χ2v) is 5.24. The highest BCUT2D eigenvalue weighted by atomic mass is 16.3. The monoisotopic (exact) mass is 212 g/mol. The van der Waals surface area contributed by atoms with Crippen molar-refractivity contribution < 1.29 is 5.11 Å². The van der Waals surface area contributed by atoms with Crippen LogP contribution < -0.4 is 0 Å². The average molecular weight is 212 g/mol. The van der Waals surface area contributed by atoms with Crippen LogP contribution in [0.25, 0.3) is 0 Å². The Labute approximate surface area is 95.3 Å². The Kier molecular flexibility index (Phi) is 7.08. The van der Waals surface area contributed by atoms with E-state index in [0.29, 0.717) is 0 Å². The molecule has 90 valence electrons. The van der Waals surface area contributed by atoms with Crippen molar-refractivity contribution in [3.8, 4) is 0 Å². The van der Waals surface area contributed by atoms with Gasteiger partial charge in [0.1, 0.15) is 0 Å². The molecule has 0 aromatic rings. The Bertz CT molecular complexity index is 138. The topological polar surface area (TPSA) is 20.2 Å². The Morgan fingerprint density at radius 1 is 1.07 bits per heavy atom. The van der Waals surface area contributed by atoms with E-state index >= 15 is 0 Å². The number of hydrogen-bond donors (Lipinski definition) is 1. The van der Waals surface area contributed by atoms with Gasteiger partial charge >= 0.3 is 0 Å². The molecule has 0 radical (unpaired) electrons. The predicted molar refractivity (Wildman–Crippen MR) is 66.0 cm³/mol. The molecule has 1 nitrogen and oxygen atoms in total. The maximum atomic E-state index is 9.90. The molecule has 0 aromatic heterocycles. The molecule has 1 rings (SSSR count). The van der Waals surface area contributed by atoms with Gasteiger partial charge in [-0.1, -0.05) is 64.7 Å². The van der Waals surface area contributed by atoms with E-state index in [9.17, 15) is 5.11 Å². The molecule has 0 heterocycles. The summed E-state index contributed by atoms with van der Waals surface area (Å²) in [4.78, 5) is 0. The van der Waals surface area contributed by atoms with Crippen molar-refractivity contribution in [2.24, 2.45) is 5.92 Å². The first-order chi connectivity index (χ1) is 7.33. The Morgan fingerprint density at radius 2 is 1.80 bits per heavy atom.